The van der Waals surface area contributed by atoms with E-state index in [1.807, 2.05) is 31.7 Å². The molecule has 1 aromatic rings. The maximum atomic E-state index is 12.6. The molecular weight excluding hydrogens is 268 g/mol. The summed E-state index contributed by atoms with van der Waals surface area (Å²) in [6.07, 6.45) is 3.38. The van der Waals surface area contributed by atoms with Gasteiger partial charge in [-0.25, -0.2) is 9.97 Å². The van der Waals surface area contributed by atoms with E-state index >= 15 is 0 Å². The first-order valence-corrected chi connectivity index (χ1v) is 7.71. The van der Waals surface area contributed by atoms with Gasteiger partial charge in [0.2, 0.25) is 11.8 Å². The van der Waals surface area contributed by atoms with Crippen LogP contribution in [0.15, 0.2) is 12.4 Å². The Morgan fingerprint density at radius 3 is 2.81 bits per heavy atom. The Kier molecular flexibility index (Phi) is 5.36. The van der Waals surface area contributed by atoms with E-state index in [9.17, 15) is 4.79 Å². The molecule has 21 heavy (non-hydrogen) atoms. The molecule has 1 fully saturated rings. The zero-order chi connectivity index (χ0) is 15.2. The molecule has 116 valence electrons. The predicted octanol–water partition coefficient (Wildman–Crippen LogP) is 1.71. The number of ether oxygens (including phenoxy) is 1. The Morgan fingerprint density at radius 2 is 2.14 bits per heavy atom. The van der Waals surface area contributed by atoms with Crippen molar-refractivity contribution in [2.75, 3.05) is 31.1 Å². The van der Waals surface area contributed by atoms with Gasteiger partial charge in [-0.2, -0.15) is 0 Å². The standard InChI is InChI=1S/C15H24N4O2/c1-4-18(5-2)15(20)12-8-7-9-19(12)13-10-14(21-6-3)17-11-16-13/h10-12H,4-9H2,1-3H3/t12-/m1/s1. The predicted molar refractivity (Wildman–Crippen MR) is 81.5 cm³/mol. The maximum absolute atomic E-state index is 12.6. The van der Waals surface area contributed by atoms with Gasteiger partial charge in [-0.1, -0.05) is 0 Å². The van der Waals surface area contributed by atoms with Crippen molar-refractivity contribution < 1.29 is 9.53 Å². The van der Waals surface area contributed by atoms with E-state index in [4.69, 9.17) is 4.74 Å². The van der Waals surface area contributed by atoms with Gasteiger partial charge < -0.3 is 14.5 Å². The smallest absolute Gasteiger partial charge is 0.245 e. The molecule has 1 atom stereocenters. The number of carbonyl (C=O) groups excluding carboxylic acids is 1. The lowest BCUT2D eigenvalue weighted by Gasteiger charge is -2.29. The number of nitrogens with zero attached hydrogens (tertiary/aromatic N) is 4. The zero-order valence-corrected chi connectivity index (χ0v) is 13.1. The summed E-state index contributed by atoms with van der Waals surface area (Å²) in [6.45, 7) is 8.85. The van der Waals surface area contributed by atoms with Gasteiger partial charge in [-0.3, -0.25) is 4.79 Å². The van der Waals surface area contributed by atoms with Crippen molar-refractivity contribution in [2.45, 2.75) is 39.7 Å². The Labute approximate surface area is 126 Å². The van der Waals surface area contributed by atoms with E-state index in [1.54, 1.807) is 0 Å². The molecule has 2 heterocycles. The summed E-state index contributed by atoms with van der Waals surface area (Å²) < 4.78 is 5.42. The van der Waals surface area contributed by atoms with Crippen LogP contribution in [0.5, 0.6) is 5.88 Å². The molecule has 1 aromatic heterocycles. The van der Waals surface area contributed by atoms with E-state index in [0.29, 0.717) is 12.5 Å². The van der Waals surface area contributed by atoms with Gasteiger partial charge in [0.05, 0.1) is 6.61 Å². The first-order chi connectivity index (χ1) is 10.2. The molecule has 6 nitrogen and oxygen atoms in total. The summed E-state index contributed by atoms with van der Waals surface area (Å²) in [5.74, 6) is 1.52. The third kappa shape index (κ3) is 3.43. The van der Waals surface area contributed by atoms with Crippen molar-refractivity contribution in [3.8, 4) is 5.88 Å². The zero-order valence-electron chi connectivity index (χ0n) is 13.1. The molecule has 2 rings (SSSR count). The number of amides is 1. The van der Waals surface area contributed by atoms with Crippen molar-refractivity contribution in [3.05, 3.63) is 12.4 Å². The van der Waals surface area contributed by atoms with E-state index in [-0.39, 0.29) is 11.9 Å². The highest BCUT2D eigenvalue weighted by atomic mass is 16.5. The number of aromatic nitrogens is 2. The van der Waals surface area contributed by atoms with E-state index in [0.717, 1.165) is 38.3 Å². The molecular formula is C15H24N4O2. The fourth-order valence-corrected chi connectivity index (χ4v) is 2.76. The minimum Gasteiger partial charge on any atom is -0.478 e. The summed E-state index contributed by atoms with van der Waals surface area (Å²) in [4.78, 5) is 25.0. The van der Waals surface area contributed by atoms with Crippen LogP contribution in [0.4, 0.5) is 5.82 Å². The van der Waals surface area contributed by atoms with E-state index < -0.39 is 0 Å². The number of hydrogen-bond donors (Lipinski definition) is 0. The van der Waals surface area contributed by atoms with Gasteiger partial charge in [-0.15, -0.1) is 0 Å². The summed E-state index contributed by atoms with van der Waals surface area (Å²) in [7, 11) is 0. The van der Waals surface area contributed by atoms with Crippen molar-refractivity contribution in [1.29, 1.82) is 0 Å². The van der Waals surface area contributed by atoms with Crippen molar-refractivity contribution in [3.63, 3.8) is 0 Å². The Balaban J connectivity index is 2.18. The fourth-order valence-electron chi connectivity index (χ4n) is 2.76. The van der Waals surface area contributed by atoms with Crippen molar-refractivity contribution in [1.82, 2.24) is 14.9 Å². The maximum Gasteiger partial charge on any atom is 0.245 e. The van der Waals surface area contributed by atoms with Crippen LogP contribution in [0.1, 0.15) is 33.6 Å². The van der Waals surface area contributed by atoms with Crippen molar-refractivity contribution in [2.24, 2.45) is 0 Å². The molecule has 1 aliphatic rings. The lowest BCUT2D eigenvalue weighted by atomic mass is 10.2. The number of rotatable bonds is 6. The normalized spacial score (nSPS) is 17.9. The first kappa shape index (κ1) is 15.5. The molecule has 0 bridgehead atoms. The number of anilines is 1. The molecule has 0 aliphatic carbocycles. The van der Waals surface area contributed by atoms with Gasteiger partial charge in [0.1, 0.15) is 18.2 Å². The van der Waals surface area contributed by atoms with Gasteiger partial charge in [0.25, 0.3) is 0 Å². The summed E-state index contributed by atoms with van der Waals surface area (Å²) >= 11 is 0. The molecule has 1 saturated heterocycles. The Morgan fingerprint density at radius 1 is 1.38 bits per heavy atom. The van der Waals surface area contributed by atoms with Gasteiger partial charge in [-0.05, 0) is 33.6 Å². The van der Waals surface area contributed by atoms with Crippen LogP contribution >= 0.6 is 0 Å². The van der Waals surface area contributed by atoms with Crippen LogP contribution in [-0.2, 0) is 4.79 Å². The van der Waals surface area contributed by atoms with Gasteiger partial charge in [0.15, 0.2) is 0 Å². The monoisotopic (exact) mass is 292 g/mol. The van der Waals surface area contributed by atoms with E-state index in [2.05, 4.69) is 14.9 Å². The minimum atomic E-state index is -0.116. The van der Waals surface area contributed by atoms with Gasteiger partial charge >= 0.3 is 0 Å². The topological polar surface area (TPSA) is 58.6 Å². The molecule has 0 unspecified atom stereocenters. The molecule has 0 aromatic carbocycles. The van der Waals surface area contributed by atoms with Crippen LogP contribution in [0.25, 0.3) is 0 Å². The minimum absolute atomic E-state index is 0.116. The Bertz CT molecular complexity index is 476. The molecule has 1 amide bonds. The lowest BCUT2D eigenvalue weighted by Crippen LogP contribution is -2.46. The molecule has 0 saturated carbocycles. The average molecular weight is 292 g/mol. The summed E-state index contributed by atoms with van der Waals surface area (Å²) in [6, 6.07) is 1.70. The third-order valence-electron chi connectivity index (χ3n) is 3.83. The molecule has 0 spiro atoms. The third-order valence-corrected chi connectivity index (χ3v) is 3.83. The number of hydrogen-bond acceptors (Lipinski definition) is 5. The highest BCUT2D eigenvalue weighted by Crippen LogP contribution is 2.26. The van der Waals surface area contributed by atoms with Crippen LogP contribution in [-0.4, -0.2) is 53.1 Å². The molecule has 0 N–H and O–H groups in total. The molecule has 1 aliphatic heterocycles. The Hall–Kier alpha value is -1.85. The average Bonchev–Trinajstić information content (AvgIpc) is 2.98. The fraction of sp³-hybridized carbons (Fsp3) is 0.667. The van der Waals surface area contributed by atoms with Crippen LogP contribution in [0.2, 0.25) is 0 Å². The number of likely N-dealkylation sites (N-methyl/N-ethyl adjacent to an activating group) is 1. The molecule has 0 radical (unpaired) electrons. The second-order valence-electron chi connectivity index (χ2n) is 5.01. The molecule has 6 heteroatoms. The highest BCUT2D eigenvalue weighted by molar-refractivity contribution is 5.85. The largest absolute Gasteiger partial charge is 0.478 e. The van der Waals surface area contributed by atoms with Crippen molar-refractivity contribution >= 4 is 11.7 Å². The SMILES string of the molecule is CCOc1cc(N2CCC[C@@H]2C(=O)N(CC)CC)ncn1. The quantitative estimate of drug-likeness (QED) is 0.799. The van der Waals surface area contributed by atoms with Crippen LogP contribution in [0.3, 0.4) is 0 Å². The number of carbonyl (C=O) groups is 1. The van der Waals surface area contributed by atoms with E-state index in [1.165, 1.54) is 6.33 Å². The second kappa shape index (κ2) is 7.24. The van der Waals surface area contributed by atoms with Gasteiger partial charge in [0, 0.05) is 25.7 Å². The summed E-state index contributed by atoms with van der Waals surface area (Å²) in [5.41, 5.74) is 0. The van der Waals surface area contributed by atoms with Crippen LogP contribution < -0.4 is 9.64 Å². The summed E-state index contributed by atoms with van der Waals surface area (Å²) in [5, 5.41) is 0. The second-order valence-corrected chi connectivity index (χ2v) is 5.01. The highest BCUT2D eigenvalue weighted by Gasteiger charge is 2.33. The first-order valence-electron chi connectivity index (χ1n) is 7.71. The lowest BCUT2D eigenvalue weighted by molar-refractivity contribution is -0.132. The van der Waals surface area contributed by atoms with Crippen LogP contribution in [0, 0.1) is 0 Å².